The van der Waals surface area contributed by atoms with Gasteiger partial charge in [-0.25, -0.2) is 8.42 Å². The van der Waals surface area contributed by atoms with Gasteiger partial charge in [0.15, 0.2) is 0 Å². The van der Waals surface area contributed by atoms with Gasteiger partial charge < -0.3 is 14.8 Å². The van der Waals surface area contributed by atoms with Crippen molar-refractivity contribution in [3.63, 3.8) is 0 Å². The Bertz CT molecular complexity index is 1200. The van der Waals surface area contributed by atoms with Crippen LogP contribution in [0, 0.1) is 0 Å². The van der Waals surface area contributed by atoms with Crippen molar-refractivity contribution >= 4 is 43.2 Å². The van der Waals surface area contributed by atoms with E-state index in [9.17, 15) is 13.2 Å². The number of benzene rings is 3. The van der Waals surface area contributed by atoms with Crippen molar-refractivity contribution in [1.29, 1.82) is 0 Å². The molecule has 7 nitrogen and oxygen atoms in total. The van der Waals surface area contributed by atoms with Gasteiger partial charge >= 0.3 is 0 Å². The number of hydrogen-bond donors (Lipinski definition) is 2. The first-order valence-electron chi connectivity index (χ1n) is 10.4. The van der Waals surface area contributed by atoms with Crippen molar-refractivity contribution in [2.24, 2.45) is 0 Å². The fourth-order valence-corrected chi connectivity index (χ4v) is 4.35. The number of ether oxygens (including phenoxy) is 2. The lowest BCUT2D eigenvalue weighted by Crippen LogP contribution is -2.15. The van der Waals surface area contributed by atoms with Crippen LogP contribution >= 0.6 is 15.9 Å². The Morgan fingerprint density at radius 3 is 2.21 bits per heavy atom. The maximum atomic E-state index is 12.8. The summed E-state index contributed by atoms with van der Waals surface area (Å²) in [5.74, 6) is 0.788. The van der Waals surface area contributed by atoms with Gasteiger partial charge in [0.05, 0.1) is 23.7 Å². The van der Waals surface area contributed by atoms with Crippen LogP contribution < -0.4 is 19.5 Å². The van der Waals surface area contributed by atoms with E-state index in [4.69, 9.17) is 9.47 Å². The van der Waals surface area contributed by atoms with Crippen molar-refractivity contribution in [3.8, 4) is 11.5 Å². The van der Waals surface area contributed by atoms with Gasteiger partial charge in [-0.15, -0.1) is 0 Å². The van der Waals surface area contributed by atoms with Crippen LogP contribution in [0.15, 0.2) is 76.1 Å². The van der Waals surface area contributed by atoms with Gasteiger partial charge in [-0.3, -0.25) is 9.52 Å². The summed E-state index contributed by atoms with van der Waals surface area (Å²) in [6, 6.07) is 17.8. The minimum atomic E-state index is -3.79. The van der Waals surface area contributed by atoms with E-state index in [0.717, 1.165) is 10.9 Å². The van der Waals surface area contributed by atoms with Crippen molar-refractivity contribution in [1.82, 2.24) is 0 Å². The molecule has 0 fully saturated rings. The number of carbonyl (C=O) groups excluding carboxylic acids is 1. The van der Waals surface area contributed by atoms with E-state index in [1.807, 2.05) is 13.8 Å². The molecule has 0 radical (unpaired) electrons. The molecule has 0 atom stereocenters. The second-order valence-corrected chi connectivity index (χ2v) is 9.63. The Hall–Kier alpha value is -3.04. The summed E-state index contributed by atoms with van der Waals surface area (Å²) < 4.78 is 39.7. The van der Waals surface area contributed by atoms with E-state index in [2.05, 4.69) is 26.0 Å². The molecule has 0 unspecified atom stereocenters. The molecule has 3 aromatic rings. The van der Waals surface area contributed by atoms with Crippen LogP contribution in [0.1, 0.15) is 30.6 Å². The van der Waals surface area contributed by atoms with Crippen LogP contribution in [-0.2, 0) is 10.0 Å². The number of hydrogen-bond acceptors (Lipinski definition) is 5. The molecule has 0 aliphatic rings. The zero-order chi connectivity index (χ0) is 23.8. The number of carbonyl (C=O) groups is 1. The molecule has 3 rings (SSSR count). The second kappa shape index (κ2) is 11.2. The zero-order valence-corrected chi connectivity index (χ0v) is 20.7. The number of sulfonamides is 1. The lowest BCUT2D eigenvalue weighted by molar-refractivity contribution is 0.102. The van der Waals surface area contributed by atoms with Gasteiger partial charge in [-0.1, -0.05) is 22.9 Å². The highest BCUT2D eigenvalue weighted by Crippen LogP contribution is 2.25. The van der Waals surface area contributed by atoms with Gasteiger partial charge in [0.25, 0.3) is 15.9 Å². The predicted octanol–water partition coefficient (Wildman–Crippen LogP) is 5.69. The molecule has 1 amide bonds. The lowest BCUT2D eigenvalue weighted by atomic mass is 10.2. The van der Waals surface area contributed by atoms with E-state index in [0.29, 0.717) is 41.7 Å². The van der Waals surface area contributed by atoms with Crippen LogP contribution in [0.5, 0.6) is 11.5 Å². The summed E-state index contributed by atoms with van der Waals surface area (Å²) in [5, 5.41) is 2.78. The molecule has 0 saturated carbocycles. The van der Waals surface area contributed by atoms with Gasteiger partial charge in [0, 0.05) is 15.8 Å². The number of anilines is 2. The average molecular weight is 533 g/mol. The van der Waals surface area contributed by atoms with Gasteiger partial charge in [0.1, 0.15) is 11.5 Å². The molecule has 33 heavy (non-hydrogen) atoms. The van der Waals surface area contributed by atoms with E-state index in [1.165, 1.54) is 24.3 Å². The average Bonchev–Trinajstić information content (AvgIpc) is 2.80. The number of amides is 1. The minimum Gasteiger partial charge on any atom is -0.494 e. The molecule has 174 valence electrons. The standard InChI is InChI=1S/C24H25BrN2O5S/c1-3-15-32-23-14-5-17(25)16-22(23)24(28)26-18-8-12-21(13-9-18)33(29,30)27-19-6-10-20(11-7-19)31-4-2/h5-14,16,27H,3-4,15H2,1-2H3,(H,26,28). The maximum absolute atomic E-state index is 12.8. The molecule has 0 aromatic heterocycles. The fourth-order valence-electron chi connectivity index (χ4n) is 2.93. The summed E-state index contributed by atoms with van der Waals surface area (Å²) >= 11 is 3.37. The molecule has 9 heteroatoms. The van der Waals surface area contributed by atoms with E-state index < -0.39 is 10.0 Å². The molecule has 0 aliphatic heterocycles. The Labute approximate surface area is 202 Å². The Balaban J connectivity index is 1.71. The third-order valence-corrected chi connectivity index (χ3v) is 6.38. The number of rotatable bonds is 10. The van der Waals surface area contributed by atoms with Crippen molar-refractivity contribution in [3.05, 3.63) is 76.8 Å². The lowest BCUT2D eigenvalue weighted by Gasteiger charge is -2.13. The van der Waals surface area contributed by atoms with Crippen LogP contribution in [0.2, 0.25) is 0 Å². The zero-order valence-electron chi connectivity index (χ0n) is 18.3. The highest BCUT2D eigenvalue weighted by molar-refractivity contribution is 9.10. The van der Waals surface area contributed by atoms with Gasteiger partial charge in [-0.05, 0) is 80.1 Å². The summed E-state index contributed by atoms with van der Waals surface area (Å²) in [4.78, 5) is 12.9. The summed E-state index contributed by atoms with van der Waals surface area (Å²) in [5.41, 5.74) is 1.26. The van der Waals surface area contributed by atoms with E-state index >= 15 is 0 Å². The quantitative estimate of drug-likeness (QED) is 0.349. The van der Waals surface area contributed by atoms with Crippen LogP contribution in [0.25, 0.3) is 0 Å². The molecule has 0 spiro atoms. The predicted molar refractivity (Wildman–Crippen MR) is 133 cm³/mol. The Kier molecular flexibility index (Phi) is 8.35. The minimum absolute atomic E-state index is 0.0730. The summed E-state index contributed by atoms with van der Waals surface area (Å²) in [6.07, 6.45) is 0.817. The first-order chi connectivity index (χ1) is 15.8. The number of nitrogens with one attached hydrogen (secondary N) is 2. The van der Waals surface area contributed by atoms with Crippen LogP contribution in [-0.4, -0.2) is 27.5 Å². The third kappa shape index (κ3) is 6.72. The van der Waals surface area contributed by atoms with Crippen LogP contribution in [0.3, 0.4) is 0 Å². The van der Waals surface area contributed by atoms with E-state index in [1.54, 1.807) is 42.5 Å². The van der Waals surface area contributed by atoms with Crippen LogP contribution in [0.4, 0.5) is 11.4 Å². The summed E-state index contributed by atoms with van der Waals surface area (Å²) in [7, 11) is -3.79. The number of halogens is 1. The second-order valence-electron chi connectivity index (χ2n) is 7.03. The molecular formula is C24H25BrN2O5S. The van der Waals surface area contributed by atoms with Gasteiger partial charge in [0.2, 0.25) is 0 Å². The highest BCUT2D eigenvalue weighted by atomic mass is 79.9. The third-order valence-electron chi connectivity index (χ3n) is 4.49. The largest absolute Gasteiger partial charge is 0.494 e. The molecule has 0 heterocycles. The fraction of sp³-hybridized carbons (Fsp3) is 0.208. The molecule has 0 bridgehead atoms. The topological polar surface area (TPSA) is 93.7 Å². The van der Waals surface area contributed by atoms with Crippen molar-refractivity contribution in [2.75, 3.05) is 23.3 Å². The molecule has 0 saturated heterocycles. The van der Waals surface area contributed by atoms with Gasteiger partial charge in [-0.2, -0.15) is 0 Å². The van der Waals surface area contributed by atoms with E-state index in [-0.39, 0.29) is 10.8 Å². The SMILES string of the molecule is CCCOc1ccc(Br)cc1C(=O)Nc1ccc(S(=O)(=O)Nc2ccc(OCC)cc2)cc1. The smallest absolute Gasteiger partial charge is 0.261 e. The van der Waals surface area contributed by atoms with Crippen molar-refractivity contribution in [2.45, 2.75) is 25.2 Å². The highest BCUT2D eigenvalue weighted by Gasteiger charge is 2.16. The Morgan fingerprint density at radius 1 is 0.909 bits per heavy atom. The Morgan fingerprint density at radius 2 is 1.58 bits per heavy atom. The maximum Gasteiger partial charge on any atom is 0.261 e. The monoisotopic (exact) mass is 532 g/mol. The molecule has 0 aliphatic carbocycles. The molecular weight excluding hydrogens is 508 g/mol. The van der Waals surface area contributed by atoms with Crippen molar-refractivity contribution < 1.29 is 22.7 Å². The first kappa shape index (κ1) is 24.6. The molecule has 2 N–H and O–H groups in total. The molecule has 3 aromatic carbocycles. The first-order valence-corrected chi connectivity index (χ1v) is 12.7. The summed E-state index contributed by atoms with van der Waals surface area (Å²) in [6.45, 7) is 4.89. The normalized spacial score (nSPS) is 11.0.